The third kappa shape index (κ3) is 2.66. The van der Waals surface area contributed by atoms with Gasteiger partial charge in [-0.3, -0.25) is 4.79 Å². The van der Waals surface area contributed by atoms with Crippen LogP contribution < -0.4 is 9.47 Å². The third-order valence-corrected chi connectivity index (χ3v) is 5.03. The molecule has 0 radical (unpaired) electrons. The molecule has 6 nitrogen and oxygen atoms in total. The summed E-state index contributed by atoms with van der Waals surface area (Å²) >= 11 is 0. The summed E-state index contributed by atoms with van der Waals surface area (Å²) in [6.45, 7) is 3.68. The predicted molar refractivity (Wildman–Crippen MR) is 92.9 cm³/mol. The molecule has 2 aromatic carbocycles. The molecule has 26 heavy (non-hydrogen) atoms. The SMILES string of the molecule is CC1(C)Oc2ccc(C3CC(=O)c4c(O)cc(O)cc4O3)cc2CC1O. The van der Waals surface area contributed by atoms with E-state index < -0.39 is 17.8 Å². The largest absolute Gasteiger partial charge is 0.508 e. The summed E-state index contributed by atoms with van der Waals surface area (Å²) < 4.78 is 11.7. The molecule has 2 aliphatic rings. The fourth-order valence-electron chi connectivity index (χ4n) is 3.48. The smallest absolute Gasteiger partial charge is 0.174 e. The molecule has 0 aromatic heterocycles. The third-order valence-electron chi connectivity index (χ3n) is 5.03. The van der Waals surface area contributed by atoms with Gasteiger partial charge in [0, 0.05) is 18.6 Å². The Kier molecular flexibility index (Phi) is 3.63. The molecule has 0 spiro atoms. The number of phenols is 2. The van der Waals surface area contributed by atoms with E-state index in [1.807, 2.05) is 32.0 Å². The van der Waals surface area contributed by atoms with Crippen LogP contribution in [-0.4, -0.2) is 32.8 Å². The lowest BCUT2D eigenvalue weighted by atomic mass is 9.88. The second kappa shape index (κ2) is 5.64. The van der Waals surface area contributed by atoms with Gasteiger partial charge in [0.15, 0.2) is 5.78 Å². The van der Waals surface area contributed by atoms with Crippen LogP contribution in [0.4, 0.5) is 0 Å². The molecule has 0 saturated heterocycles. The number of hydrogen-bond acceptors (Lipinski definition) is 6. The van der Waals surface area contributed by atoms with Gasteiger partial charge in [-0.1, -0.05) is 6.07 Å². The van der Waals surface area contributed by atoms with Gasteiger partial charge >= 0.3 is 0 Å². The number of ketones is 1. The summed E-state index contributed by atoms with van der Waals surface area (Å²) in [5.74, 6) is 0.177. The Morgan fingerprint density at radius 1 is 1.08 bits per heavy atom. The van der Waals surface area contributed by atoms with E-state index in [9.17, 15) is 20.1 Å². The number of carbonyl (C=O) groups is 1. The Labute approximate surface area is 150 Å². The quantitative estimate of drug-likeness (QED) is 0.727. The van der Waals surface area contributed by atoms with Crippen LogP contribution in [0.3, 0.4) is 0 Å². The predicted octanol–water partition coefficient (Wildman–Crippen LogP) is 2.88. The minimum atomic E-state index is -0.653. The van der Waals surface area contributed by atoms with Gasteiger partial charge in [-0.2, -0.15) is 0 Å². The van der Waals surface area contributed by atoms with Crippen LogP contribution in [0.25, 0.3) is 0 Å². The summed E-state index contributed by atoms with van der Waals surface area (Å²) in [6, 6.07) is 7.98. The number of phenolic OH excluding ortho intramolecular Hbond substituents is 2. The molecule has 3 N–H and O–H groups in total. The molecule has 136 valence electrons. The lowest BCUT2D eigenvalue weighted by Crippen LogP contribution is -2.46. The highest BCUT2D eigenvalue weighted by Crippen LogP contribution is 2.43. The number of Topliss-reactive ketones (excluding diaryl/α,β-unsaturated/α-hetero) is 1. The van der Waals surface area contributed by atoms with E-state index in [1.54, 1.807) is 0 Å². The highest BCUT2D eigenvalue weighted by Gasteiger charge is 2.37. The van der Waals surface area contributed by atoms with Crippen LogP contribution in [0.1, 0.15) is 47.9 Å². The molecule has 6 heteroatoms. The summed E-state index contributed by atoms with van der Waals surface area (Å²) in [4.78, 5) is 12.4. The van der Waals surface area contributed by atoms with E-state index in [4.69, 9.17) is 9.47 Å². The summed E-state index contributed by atoms with van der Waals surface area (Å²) in [7, 11) is 0. The number of aliphatic hydroxyl groups is 1. The second-order valence-corrected chi connectivity index (χ2v) is 7.36. The molecule has 2 unspecified atom stereocenters. The fraction of sp³-hybridized carbons (Fsp3) is 0.350. The number of aromatic hydroxyl groups is 2. The van der Waals surface area contributed by atoms with Crippen molar-refractivity contribution >= 4 is 5.78 Å². The maximum Gasteiger partial charge on any atom is 0.174 e. The van der Waals surface area contributed by atoms with Crippen LogP contribution in [0.2, 0.25) is 0 Å². The van der Waals surface area contributed by atoms with Crippen LogP contribution in [0, 0.1) is 0 Å². The summed E-state index contributed by atoms with van der Waals surface area (Å²) in [6.07, 6.45) is -0.629. The van der Waals surface area contributed by atoms with Crippen LogP contribution >= 0.6 is 0 Å². The molecule has 0 amide bonds. The van der Waals surface area contributed by atoms with E-state index in [2.05, 4.69) is 0 Å². The number of hydrogen-bond donors (Lipinski definition) is 3. The fourth-order valence-corrected chi connectivity index (χ4v) is 3.48. The standard InChI is InChI=1S/C20H20O6/c1-20(2)18(24)6-11-5-10(3-4-15(11)26-20)16-9-14(23)19-13(22)7-12(21)8-17(19)25-16/h3-5,7-8,16,18,21-22,24H,6,9H2,1-2H3. The van der Waals surface area contributed by atoms with Crippen LogP contribution in [-0.2, 0) is 6.42 Å². The first-order valence-electron chi connectivity index (χ1n) is 8.50. The van der Waals surface area contributed by atoms with E-state index >= 15 is 0 Å². The lowest BCUT2D eigenvalue weighted by Gasteiger charge is -2.37. The maximum absolute atomic E-state index is 12.4. The highest BCUT2D eigenvalue weighted by molar-refractivity contribution is 6.02. The van der Waals surface area contributed by atoms with Crippen molar-refractivity contribution in [3.8, 4) is 23.0 Å². The van der Waals surface area contributed by atoms with Gasteiger partial charge in [0.25, 0.3) is 0 Å². The maximum atomic E-state index is 12.4. The zero-order chi connectivity index (χ0) is 18.6. The van der Waals surface area contributed by atoms with Gasteiger partial charge in [0.1, 0.15) is 40.3 Å². The minimum Gasteiger partial charge on any atom is -0.508 e. The van der Waals surface area contributed by atoms with Crippen molar-refractivity contribution in [3.05, 3.63) is 47.0 Å². The zero-order valence-electron chi connectivity index (χ0n) is 14.5. The van der Waals surface area contributed by atoms with Crippen molar-refractivity contribution in [2.45, 2.75) is 44.5 Å². The Hall–Kier alpha value is -2.73. The molecule has 0 fully saturated rings. The number of fused-ring (bicyclic) bond motifs is 2. The van der Waals surface area contributed by atoms with Crippen molar-refractivity contribution < 1.29 is 29.6 Å². The zero-order valence-corrected chi connectivity index (χ0v) is 14.5. The molecule has 4 rings (SSSR count). The van der Waals surface area contributed by atoms with Crippen LogP contribution in [0.15, 0.2) is 30.3 Å². The van der Waals surface area contributed by atoms with E-state index in [-0.39, 0.29) is 35.0 Å². The minimum absolute atomic E-state index is 0.0824. The van der Waals surface area contributed by atoms with E-state index in [0.717, 1.165) is 17.2 Å². The van der Waals surface area contributed by atoms with Gasteiger partial charge in [-0.25, -0.2) is 0 Å². The second-order valence-electron chi connectivity index (χ2n) is 7.36. The first-order valence-corrected chi connectivity index (χ1v) is 8.50. The lowest BCUT2D eigenvalue weighted by molar-refractivity contribution is -0.0412. The summed E-state index contributed by atoms with van der Waals surface area (Å²) in [5, 5.41) is 29.8. The van der Waals surface area contributed by atoms with Gasteiger partial charge in [0.2, 0.25) is 0 Å². The van der Waals surface area contributed by atoms with E-state index in [0.29, 0.717) is 12.2 Å². The number of ether oxygens (including phenoxy) is 2. The molecule has 2 aliphatic heterocycles. The highest BCUT2D eigenvalue weighted by atomic mass is 16.5. The molecule has 2 heterocycles. The van der Waals surface area contributed by atoms with Crippen LogP contribution in [0.5, 0.6) is 23.0 Å². The monoisotopic (exact) mass is 356 g/mol. The van der Waals surface area contributed by atoms with Crippen molar-refractivity contribution in [2.24, 2.45) is 0 Å². The molecule has 0 bridgehead atoms. The Bertz CT molecular complexity index is 901. The van der Waals surface area contributed by atoms with Gasteiger partial charge in [0.05, 0.1) is 12.5 Å². The molecule has 0 aliphatic carbocycles. The van der Waals surface area contributed by atoms with Gasteiger partial charge < -0.3 is 24.8 Å². The topological polar surface area (TPSA) is 96.2 Å². The normalized spacial score (nSPS) is 23.4. The number of carbonyl (C=O) groups excluding carboxylic acids is 1. The van der Waals surface area contributed by atoms with E-state index in [1.165, 1.54) is 6.07 Å². The van der Waals surface area contributed by atoms with Crippen molar-refractivity contribution in [1.82, 2.24) is 0 Å². The molecule has 2 atom stereocenters. The van der Waals surface area contributed by atoms with Crippen molar-refractivity contribution in [3.63, 3.8) is 0 Å². The van der Waals surface area contributed by atoms with Crippen molar-refractivity contribution in [2.75, 3.05) is 0 Å². The number of rotatable bonds is 1. The van der Waals surface area contributed by atoms with Gasteiger partial charge in [-0.15, -0.1) is 0 Å². The Balaban J connectivity index is 1.67. The summed E-state index contributed by atoms with van der Waals surface area (Å²) in [5.41, 5.74) is 1.08. The molecule has 0 saturated carbocycles. The molecular formula is C20H20O6. The Morgan fingerprint density at radius 2 is 1.85 bits per heavy atom. The number of aliphatic hydroxyl groups excluding tert-OH is 1. The molecule has 2 aromatic rings. The first-order chi connectivity index (χ1) is 12.2. The molecular weight excluding hydrogens is 336 g/mol. The average Bonchev–Trinajstić information content (AvgIpc) is 2.54. The van der Waals surface area contributed by atoms with Gasteiger partial charge in [-0.05, 0) is 37.1 Å². The number of benzene rings is 2. The first kappa shape index (κ1) is 16.7. The van der Waals surface area contributed by atoms with Crippen molar-refractivity contribution in [1.29, 1.82) is 0 Å². The average molecular weight is 356 g/mol. The Morgan fingerprint density at radius 3 is 2.62 bits per heavy atom.